The normalized spacial score (nSPS) is 12.2. The van der Waals surface area contributed by atoms with Gasteiger partial charge in [-0.2, -0.15) is 0 Å². The van der Waals surface area contributed by atoms with E-state index in [2.05, 4.69) is 35.1 Å². The van der Waals surface area contributed by atoms with Crippen LogP contribution < -0.4 is 5.32 Å². The fraction of sp³-hybridized carbons (Fsp3) is 0.462. The van der Waals surface area contributed by atoms with Gasteiger partial charge >= 0.3 is 5.97 Å². The number of unbranched alkanes of at least 4 members (excludes halogenated alkanes) is 1. The van der Waals surface area contributed by atoms with Gasteiger partial charge in [-0.1, -0.05) is 35.7 Å². The van der Waals surface area contributed by atoms with E-state index >= 15 is 0 Å². The molecule has 0 fully saturated rings. The average molecular weight is 300 g/mol. The fourth-order valence-electron chi connectivity index (χ4n) is 1.66. The molecule has 1 atom stereocenters. The molecular weight excluding hydrogens is 282 g/mol. The number of carboxylic acids is 1. The molecule has 0 radical (unpaired) electrons. The molecule has 1 aromatic rings. The van der Waals surface area contributed by atoms with Crippen LogP contribution in [-0.2, 0) is 0 Å². The van der Waals surface area contributed by atoms with Crippen molar-refractivity contribution in [2.75, 3.05) is 5.32 Å². The standard InChI is InChI=1S/C13H18BrNO2/c1-3-4-5-9(2)15-12-7-10(13(16)17)6-11(14)8-12/h6-9,15H,3-5H2,1-2H3,(H,16,17). The fourth-order valence-corrected chi connectivity index (χ4v) is 2.16. The van der Waals surface area contributed by atoms with E-state index in [-0.39, 0.29) is 0 Å². The molecule has 0 aliphatic carbocycles. The number of nitrogens with one attached hydrogen (secondary N) is 1. The predicted octanol–water partition coefficient (Wildman–Crippen LogP) is 4.14. The summed E-state index contributed by atoms with van der Waals surface area (Å²) in [6, 6.07) is 5.51. The van der Waals surface area contributed by atoms with Crippen LogP contribution in [-0.4, -0.2) is 17.1 Å². The Bertz CT molecular complexity index is 393. The average Bonchev–Trinajstić information content (AvgIpc) is 2.25. The van der Waals surface area contributed by atoms with Crippen LogP contribution in [0, 0.1) is 0 Å². The Morgan fingerprint density at radius 1 is 1.47 bits per heavy atom. The highest BCUT2D eigenvalue weighted by Gasteiger charge is 2.07. The lowest BCUT2D eigenvalue weighted by molar-refractivity contribution is 0.0697. The van der Waals surface area contributed by atoms with Gasteiger partial charge in [0, 0.05) is 16.2 Å². The van der Waals surface area contributed by atoms with Gasteiger partial charge in [0.25, 0.3) is 0 Å². The molecule has 0 saturated heterocycles. The number of aromatic carboxylic acids is 1. The molecule has 0 saturated carbocycles. The van der Waals surface area contributed by atoms with Crippen LogP contribution in [0.4, 0.5) is 5.69 Å². The minimum Gasteiger partial charge on any atom is -0.478 e. The third-order valence-electron chi connectivity index (χ3n) is 2.55. The maximum atomic E-state index is 10.9. The first kappa shape index (κ1) is 14.0. The van der Waals surface area contributed by atoms with Gasteiger partial charge in [-0.05, 0) is 31.5 Å². The Morgan fingerprint density at radius 2 is 2.18 bits per heavy atom. The summed E-state index contributed by atoms with van der Waals surface area (Å²) in [5.74, 6) is -0.907. The van der Waals surface area contributed by atoms with Crippen LogP contribution >= 0.6 is 15.9 Å². The van der Waals surface area contributed by atoms with Crippen LogP contribution in [0.2, 0.25) is 0 Å². The second-order valence-corrected chi connectivity index (χ2v) is 5.14. The highest BCUT2D eigenvalue weighted by Crippen LogP contribution is 2.21. The number of benzene rings is 1. The van der Waals surface area contributed by atoms with Gasteiger partial charge in [0.2, 0.25) is 0 Å². The van der Waals surface area contributed by atoms with Crippen molar-refractivity contribution in [2.45, 2.75) is 39.2 Å². The molecule has 94 valence electrons. The molecule has 1 rings (SSSR count). The SMILES string of the molecule is CCCCC(C)Nc1cc(Br)cc(C(=O)O)c1. The Balaban J connectivity index is 2.73. The predicted molar refractivity (Wildman–Crippen MR) is 73.7 cm³/mol. The zero-order chi connectivity index (χ0) is 12.8. The van der Waals surface area contributed by atoms with Gasteiger partial charge in [0.1, 0.15) is 0 Å². The summed E-state index contributed by atoms with van der Waals surface area (Å²) < 4.78 is 0.780. The van der Waals surface area contributed by atoms with E-state index in [1.807, 2.05) is 6.07 Å². The lowest BCUT2D eigenvalue weighted by Gasteiger charge is -2.15. The molecular formula is C13H18BrNO2. The summed E-state index contributed by atoms with van der Waals surface area (Å²) in [5, 5.41) is 12.3. The molecule has 0 heterocycles. The molecule has 1 aromatic carbocycles. The first-order valence-corrected chi connectivity index (χ1v) is 6.62. The number of halogens is 1. The summed E-state index contributed by atoms with van der Waals surface area (Å²) in [7, 11) is 0. The second kappa shape index (κ2) is 6.64. The van der Waals surface area contributed by atoms with Crippen molar-refractivity contribution in [3.05, 3.63) is 28.2 Å². The van der Waals surface area contributed by atoms with Crippen molar-refractivity contribution in [1.29, 1.82) is 0 Å². The van der Waals surface area contributed by atoms with E-state index in [1.165, 1.54) is 12.8 Å². The third-order valence-corrected chi connectivity index (χ3v) is 3.01. The summed E-state index contributed by atoms with van der Waals surface area (Å²) in [4.78, 5) is 10.9. The van der Waals surface area contributed by atoms with Gasteiger partial charge in [0.05, 0.1) is 5.56 Å². The molecule has 0 aliphatic rings. The number of carbonyl (C=O) groups is 1. The molecule has 4 heteroatoms. The molecule has 17 heavy (non-hydrogen) atoms. The highest BCUT2D eigenvalue weighted by molar-refractivity contribution is 9.10. The quantitative estimate of drug-likeness (QED) is 0.830. The minimum absolute atomic E-state index is 0.296. The van der Waals surface area contributed by atoms with Crippen molar-refractivity contribution in [3.8, 4) is 0 Å². The minimum atomic E-state index is -0.907. The summed E-state index contributed by atoms with van der Waals surface area (Å²) in [5.41, 5.74) is 1.14. The zero-order valence-corrected chi connectivity index (χ0v) is 11.8. The lowest BCUT2D eigenvalue weighted by Crippen LogP contribution is -2.15. The Kier molecular flexibility index (Phi) is 5.48. The molecule has 1 unspecified atom stereocenters. The van der Waals surface area contributed by atoms with Crippen molar-refractivity contribution in [3.63, 3.8) is 0 Å². The van der Waals surface area contributed by atoms with Crippen LogP contribution in [0.3, 0.4) is 0 Å². The smallest absolute Gasteiger partial charge is 0.335 e. The molecule has 0 aliphatic heterocycles. The zero-order valence-electron chi connectivity index (χ0n) is 10.2. The number of rotatable bonds is 6. The largest absolute Gasteiger partial charge is 0.478 e. The van der Waals surface area contributed by atoms with Gasteiger partial charge < -0.3 is 10.4 Å². The van der Waals surface area contributed by atoms with Crippen LogP contribution in [0.5, 0.6) is 0 Å². The van der Waals surface area contributed by atoms with Gasteiger partial charge in [0.15, 0.2) is 0 Å². The van der Waals surface area contributed by atoms with E-state index in [0.29, 0.717) is 11.6 Å². The molecule has 0 spiro atoms. The summed E-state index contributed by atoms with van der Waals surface area (Å²) in [6.45, 7) is 4.27. The van der Waals surface area contributed by atoms with Gasteiger partial charge in [-0.15, -0.1) is 0 Å². The van der Waals surface area contributed by atoms with Crippen molar-refractivity contribution < 1.29 is 9.90 Å². The molecule has 0 amide bonds. The molecule has 0 bridgehead atoms. The molecule has 2 N–H and O–H groups in total. The van der Waals surface area contributed by atoms with E-state index in [1.54, 1.807) is 12.1 Å². The molecule has 0 aromatic heterocycles. The van der Waals surface area contributed by atoms with Gasteiger partial charge in [-0.3, -0.25) is 0 Å². The van der Waals surface area contributed by atoms with Crippen molar-refractivity contribution >= 4 is 27.6 Å². The van der Waals surface area contributed by atoms with Gasteiger partial charge in [-0.25, -0.2) is 4.79 Å². The van der Waals surface area contributed by atoms with Crippen LogP contribution in [0.15, 0.2) is 22.7 Å². The number of carboxylic acid groups (broad SMARTS) is 1. The third kappa shape index (κ3) is 4.77. The Labute approximate surface area is 110 Å². The second-order valence-electron chi connectivity index (χ2n) is 4.22. The van der Waals surface area contributed by atoms with Crippen LogP contribution in [0.1, 0.15) is 43.5 Å². The van der Waals surface area contributed by atoms with E-state index < -0.39 is 5.97 Å². The monoisotopic (exact) mass is 299 g/mol. The Hall–Kier alpha value is -1.03. The topological polar surface area (TPSA) is 49.3 Å². The maximum Gasteiger partial charge on any atom is 0.335 e. The number of anilines is 1. The summed E-state index contributed by atoms with van der Waals surface area (Å²) >= 11 is 3.32. The number of hydrogen-bond acceptors (Lipinski definition) is 2. The van der Waals surface area contributed by atoms with E-state index in [9.17, 15) is 4.79 Å². The number of hydrogen-bond donors (Lipinski definition) is 2. The highest BCUT2D eigenvalue weighted by atomic mass is 79.9. The Morgan fingerprint density at radius 3 is 2.76 bits per heavy atom. The first-order valence-electron chi connectivity index (χ1n) is 5.83. The van der Waals surface area contributed by atoms with Crippen molar-refractivity contribution in [1.82, 2.24) is 0 Å². The van der Waals surface area contributed by atoms with Crippen molar-refractivity contribution in [2.24, 2.45) is 0 Å². The van der Waals surface area contributed by atoms with Crippen LogP contribution in [0.25, 0.3) is 0 Å². The molecule has 3 nitrogen and oxygen atoms in total. The maximum absolute atomic E-state index is 10.9. The lowest BCUT2D eigenvalue weighted by atomic mass is 10.1. The first-order chi connectivity index (χ1) is 8.02. The van der Waals surface area contributed by atoms with E-state index in [0.717, 1.165) is 16.6 Å². The summed E-state index contributed by atoms with van der Waals surface area (Å²) in [6.07, 6.45) is 3.43. The van der Waals surface area contributed by atoms with E-state index in [4.69, 9.17) is 5.11 Å².